The Morgan fingerprint density at radius 1 is 0.333 bits per heavy atom. The summed E-state index contributed by atoms with van der Waals surface area (Å²) < 4.78 is 54.9. The van der Waals surface area contributed by atoms with Crippen LogP contribution in [0, 0.1) is 6.92 Å². The van der Waals surface area contributed by atoms with Gasteiger partial charge in [0, 0.05) is 11.4 Å². The van der Waals surface area contributed by atoms with Crippen molar-refractivity contribution >= 4 is 31.4 Å². The molecule has 254 valence electrons. The van der Waals surface area contributed by atoms with E-state index in [1.54, 1.807) is 84.9 Å². The summed E-state index contributed by atoms with van der Waals surface area (Å²) in [5.41, 5.74) is 9.13. The molecular formula is C43H36N2O4S2. The molecule has 0 aliphatic rings. The smallest absolute Gasteiger partial charge is 0.261 e. The minimum Gasteiger partial charge on any atom is -0.280 e. The van der Waals surface area contributed by atoms with Crippen LogP contribution in [0.5, 0.6) is 0 Å². The van der Waals surface area contributed by atoms with E-state index in [2.05, 4.69) is 95.2 Å². The number of anilines is 2. The Morgan fingerprint density at radius 3 is 0.980 bits per heavy atom. The Kier molecular flexibility index (Phi) is 10.8. The summed E-state index contributed by atoms with van der Waals surface area (Å²) in [4.78, 5) is 0.384. The van der Waals surface area contributed by atoms with Crippen LogP contribution in [0.4, 0.5) is 11.4 Å². The molecule has 0 fully saturated rings. The average molecular weight is 709 g/mol. The number of sulfonamides is 2. The highest BCUT2D eigenvalue weighted by Crippen LogP contribution is 2.31. The lowest BCUT2D eigenvalue weighted by atomic mass is 9.93. The van der Waals surface area contributed by atoms with Gasteiger partial charge in [-0.2, -0.15) is 0 Å². The maximum atomic E-state index is 12.4. The number of nitrogens with one attached hydrogen (secondary N) is 2. The molecule has 0 aromatic heterocycles. The second-order valence-electron chi connectivity index (χ2n) is 11.7. The third-order valence-corrected chi connectivity index (χ3v) is 11.0. The largest absolute Gasteiger partial charge is 0.280 e. The second kappa shape index (κ2) is 15.7. The maximum absolute atomic E-state index is 12.4. The van der Waals surface area contributed by atoms with Crippen molar-refractivity contribution in [2.45, 2.75) is 16.7 Å². The maximum Gasteiger partial charge on any atom is 0.261 e. The van der Waals surface area contributed by atoms with Crippen molar-refractivity contribution in [2.75, 3.05) is 9.44 Å². The first kappa shape index (κ1) is 34.9. The molecule has 0 amide bonds. The van der Waals surface area contributed by atoms with E-state index < -0.39 is 20.0 Å². The fourth-order valence-electron chi connectivity index (χ4n) is 5.59. The molecule has 2 N–H and O–H groups in total. The van der Waals surface area contributed by atoms with Crippen LogP contribution in [0.15, 0.2) is 198 Å². The van der Waals surface area contributed by atoms with Crippen molar-refractivity contribution in [1.29, 1.82) is 0 Å². The Morgan fingerprint density at radius 2 is 0.647 bits per heavy atom. The van der Waals surface area contributed by atoms with Gasteiger partial charge in [-0.3, -0.25) is 9.44 Å². The SMILES string of the molecule is Cc1c(-c2ccccc2)cccc1-c1ccccc1.O=S(=O)(Nc1ccc(-c2ccc(NS(=O)(=O)c3ccccc3)cc2)cc1)c1ccccc1. The first-order valence-electron chi connectivity index (χ1n) is 16.3. The van der Waals surface area contributed by atoms with Gasteiger partial charge >= 0.3 is 0 Å². The van der Waals surface area contributed by atoms with Gasteiger partial charge in [0.05, 0.1) is 9.79 Å². The van der Waals surface area contributed by atoms with Crippen LogP contribution in [-0.4, -0.2) is 16.8 Å². The predicted octanol–water partition coefficient (Wildman–Crippen LogP) is 10.3. The van der Waals surface area contributed by atoms with Crippen LogP contribution < -0.4 is 9.44 Å². The number of hydrogen-bond acceptors (Lipinski definition) is 4. The Hall–Kier alpha value is -5.96. The molecule has 0 aliphatic carbocycles. The summed E-state index contributed by atoms with van der Waals surface area (Å²) >= 11 is 0. The summed E-state index contributed by atoms with van der Waals surface area (Å²) in [6, 6.07) is 57.9. The predicted molar refractivity (Wildman–Crippen MR) is 208 cm³/mol. The number of hydrogen-bond donors (Lipinski definition) is 2. The molecule has 0 unspecified atom stereocenters. The summed E-state index contributed by atoms with van der Waals surface area (Å²) in [5.74, 6) is 0. The fourth-order valence-corrected chi connectivity index (χ4v) is 7.74. The molecule has 0 radical (unpaired) electrons. The summed E-state index contributed by atoms with van der Waals surface area (Å²) in [6.45, 7) is 2.20. The molecule has 0 aliphatic heterocycles. The Bertz CT molecular complexity index is 2230. The van der Waals surface area contributed by atoms with E-state index in [0.29, 0.717) is 11.4 Å². The van der Waals surface area contributed by atoms with E-state index in [4.69, 9.17) is 0 Å². The van der Waals surface area contributed by atoms with Gasteiger partial charge in [-0.1, -0.05) is 140 Å². The highest BCUT2D eigenvalue weighted by molar-refractivity contribution is 7.93. The van der Waals surface area contributed by atoms with E-state index in [1.165, 1.54) is 52.1 Å². The number of rotatable bonds is 9. The molecule has 7 aromatic rings. The summed E-state index contributed by atoms with van der Waals surface area (Å²) in [7, 11) is -7.30. The van der Waals surface area contributed by atoms with Gasteiger partial charge in [0.15, 0.2) is 0 Å². The molecular weight excluding hydrogens is 673 g/mol. The minimum atomic E-state index is -3.65. The van der Waals surface area contributed by atoms with Gasteiger partial charge in [0.25, 0.3) is 20.0 Å². The normalized spacial score (nSPS) is 11.2. The molecule has 7 aromatic carbocycles. The lowest BCUT2D eigenvalue weighted by molar-refractivity contribution is 0.599. The quantitative estimate of drug-likeness (QED) is 0.156. The van der Waals surface area contributed by atoms with Gasteiger partial charge < -0.3 is 0 Å². The van der Waals surface area contributed by atoms with Gasteiger partial charge in [-0.15, -0.1) is 0 Å². The Labute approximate surface area is 300 Å². The molecule has 0 spiro atoms. The third kappa shape index (κ3) is 8.80. The average Bonchev–Trinajstić information content (AvgIpc) is 3.17. The minimum absolute atomic E-state index is 0.192. The molecule has 0 atom stereocenters. The van der Waals surface area contributed by atoms with E-state index in [-0.39, 0.29) is 9.79 Å². The van der Waals surface area contributed by atoms with Crippen molar-refractivity contribution in [3.05, 3.63) is 194 Å². The first-order valence-corrected chi connectivity index (χ1v) is 19.2. The fraction of sp³-hybridized carbons (Fsp3) is 0.0233. The molecule has 0 heterocycles. The molecule has 51 heavy (non-hydrogen) atoms. The Balaban J connectivity index is 0.000000200. The topological polar surface area (TPSA) is 92.3 Å². The van der Waals surface area contributed by atoms with Gasteiger partial charge in [0.2, 0.25) is 0 Å². The zero-order chi connectivity index (χ0) is 35.7. The first-order chi connectivity index (χ1) is 24.7. The number of benzene rings is 7. The van der Waals surface area contributed by atoms with Crippen molar-refractivity contribution in [2.24, 2.45) is 0 Å². The van der Waals surface area contributed by atoms with Crippen LogP contribution in [0.1, 0.15) is 5.56 Å². The summed E-state index contributed by atoms with van der Waals surface area (Å²) in [6.07, 6.45) is 0. The van der Waals surface area contributed by atoms with E-state index in [9.17, 15) is 16.8 Å². The van der Waals surface area contributed by atoms with Crippen LogP contribution >= 0.6 is 0 Å². The molecule has 0 saturated carbocycles. The van der Waals surface area contributed by atoms with Crippen LogP contribution in [-0.2, 0) is 20.0 Å². The van der Waals surface area contributed by atoms with Crippen LogP contribution in [0.25, 0.3) is 33.4 Å². The van der Waals surface area contributed by atoms with E-state index >= 15 is 0 Å². The lowest BCUT2D eigenvalue weighted by Crippen LogP contribution is -2.12. The highest BCUT2D eigenvalue weighted by atomic mass is 32.2. The van der Waals surface area contributed by atoms with Gasteiger partial charge in [-0.25, -0.2) is 16.8 Å². The second-order valence-corrected chi connectivity index (χ2v) is 15.1. The highest BCUT2D eigenvalue weighted by Gasteiger charge is 2.15. The van der Waals surface area contributed by atoms with Crippen molar-refractivity contribution < 1.29 is 16.8 Å². The van der Waals surface area contributed by atoms with Crippen molar-refractivity contribution in [3.8, 4) is 33.4 Å². The van der Waals surface area contributed by atoms with E-state index in [0.717, 1.165) is 11.1 Å². The molecule has 8 heteroatoms. The van der Waals surface area contributed by atoms with Crippen LogP contribution in [0.2, 0.25) is 0 Å². The van der Waals surface area contributed by atoms with Crippen LogP contribution in [0.3, 0.4) is 0 Å². The van der Waals surface area contributed by atoms with Gasteiger partial charge in [0.1, 0.15) is 0 Å². The lowest BCUT2D eigenvalue weighted by Gasteiger charge is -2.11. The molecule has 0 saturated heterocycles. The third-order valence-electron chi connectivity index (χ3n) is 8.22. The molecule has 7 rings (SSSR count). The zero-order valence-electron chi connectivity index (χ0n) is 27.8. The zero-order valence-corrected chi connectivity index (χ0v) is 29.5. The van der Waals surface area contributed by atoms with Gasteiger partial charge in [-0.05, 0) is 94.4 Å². The summed E-state index contributed by atoms with van der Waals surface area (Å²) in [5, 5.41) is 0. The molecule has 0 bridgehead atoms. The standard InChI is InChI=1S/C24H20N2O4S2.C19H16/c27-31(28,23-7-3-1-4-8-23)25-21-15-11-19(12-16-21)20-13-17-22(18-14-20)26-32(29,30)24-9-5-2-6-10-24;1-15-18(16-9-4-2-5-10-16)13-8-14-19(15)17-11-6-3-7-12-17/h1-18,25-26H;2-14H,1H3. The van der Waals surface area contributed by atoms with Crippen molar-refractivity contribution in [3.63, 3.8) is 0 Å². The van der Waals surface area contributed by atoms with Crippen molar-refractivity contribution in [1.82, 2.24) is 0 Å². The molecule has 6 nitrogen and oxygen atoms in total. The monoisotopic (exact) mass is 708 g/mol. The van der Waals surface area contributed by atoms with E-state index in [1.807, 2.05) is 0 Å².